The molecule has 0 aliphatic carbocycles. The molecule has 5 heteroatoms. The van der Waals surface area contributed by atoms with Gasteiger partial charge in [0.15, 0.2) is 0 Å². The molecule has 0 spiro atoms. The average molecular weight is 369 g/mol. The summed E-state index contributed by atoms with van der Waals surface area (Å²) in [5, 5.41) is 8.04. The van der Waals surface area contributed by atoms with Crippen molar-refractivity contribution < 1.29 is 4.42 Å². The Morgan fingerprint density at radius 3 is 2.58 bits per heavy atom. The van der Waals surface area contributed by atoms with E-state index in [1.165, 1.54) is 0 Å². The molecule has 0 atom stereocenters. The summed E-state index contributed by atoms with van der Waals surface area (Å²) in [7, 11) is 0. The highest BCUT2D eigenvalue weighted by atomic mass is 35.5. The molecule has 1 aromatic heterocycles. The summed E-state index contributed by atoms with van der Waals surface area (Å²) < 4.78 is 6.36. The fourth-order valence-corrected chi connectivity index (χ4v) is 3.59. The monoisotopic (exact) mass is 368 g/mol. The molecule has 2 aromatic carbocycles. The molecule has 0 saturated heterocycles. The summed E-state index contributed by atoms with van der Waals surface area (Å²) >= 11 is 6.02. The number of rotatable bonds is 2. The number of anilines is 1. The Labute approximate surface area is 157 Å². The van der Waals surface area contributed by atoms with Gasteiger partial charge in [0.05, 0.1) is 10.9 Å². The second kappa shape index (κ2) is 6.78. The summed E-state index contributed by atoms with van der Waals surface area (Å²) in [6, 6.07) is 11.2. The maximum Gasteiger partial charge on any atom is 0.200 e. The van der Waals surface area contributed by atoms with Crippen LogP contribution in [0.5, 0.6) is 0 Å². The van der Waals surface area contributed by atoms with Crippen LogP contribution in [0.25, 0.3) is 22.1 Å². The molecule has 0 radical (unpaired) electrons. The SMILES string of the molecule is CC(C)c1oc2c3c(ccc2c(=O)c1-c1ccc(Cl)cc1)NCCNC3. The van der Waals surface area contributed by atoms with E-state index >= 15 is 0 Å². The fourth-order valence-electron chi connectivity index (χ4n) is 3.47. The van der Waals surface area contributed by atoms with Crippen molar-refractivity contribution >= 4 is 28.3 Å². The van der Waals surface area contributed by atoms with Gasteiger partial charge in [0.25, 0.3) is 0 Å². The van der Waals surface area contributed by atoms with Crippen molar-refractivity contribution in [1.82, 2.24) is 5.32 Å². The molecule has 0 unspecified atom stereocenters. The van der Waals surface area contributed by atoms with E-state index in [0.29, 0.717) is 33.9 Å². The molecular formula is C21H21ClN2O2. The van der Waals surface area contributed by atoms with Gasteiger partial charge in [0.1, 0.15) is 11.3 Å². The number of hydrogen-bond donors (Lipinski definition) is 2. The minimum Gasteiger partial charge on any atom is -0.459 e. The molecule has 4 rings (SSSR count). The van der Waals surface area contributed by atoms with Gasteiger partial charge >= 0.3 is 0 Å². The van der Waals surface area contributed by atoms with Crippen molar-refractivity contribution in [3.63, 3.8) is 0 Å². The molecule has 4 nitrogen and oxygen atoms in total. The number of hydrogen-bond acceptors (Lipinski definition) is 4. The predicted octanol–water partition coefficient (Wildman–Crippen LogP) is 4.75. The third-order valence-electron chi connectivity index (χ3n) is 4.77. The highest BCUT2D eigenvalue weighted by Crippen LogP contribution is 2.33. The van der Waals surface area contributed by atoms with E-state index in [0.717, 1.165) is 29.9 Å². The van der Waals surface area contributed by atoms with Crippen molar-refractivity contribution in [3.05, 3.63) is 63.0 Å². The molecule has 0 bridgehead atoms. The van der Waals surface area contributed by atoms with Gasteiger partial charge < -0.3 is 15.1 Å². The van der Waals surface area contributed by atoms with Crippen LogP contribution in [0.3, 0.4) is 0 Å². The van der Waals surface area contributed by atoms with Crippen molar-refractivity contribution in [1.29, 1.82) is 0 Å². The van der Waals surface area contributed by atoms with Crippen LogP contribution in [0.15, 0.2) is 45.6 Å². The first-order chi connectivity index (χ1) is 12.6. The first kappa shape index (κ1) is 17.1. The van der Waals surface area contributed by atoms with Crippen LogP contribution in [0.4, 0.5) is 5.69 Å². The molecule has 2 heterocycles. The maximum absolute atomic E-state index is 13.4. The lowest BCUT2D eigenvalue weighted by atomic mass is 9.96. The van der Waals surface area contributed by atoms with E-state index in [9.17, 15) is 4.79 Å². The summed E-state index contributed by atoms with van der Waals surface area (Å²) in [4.78, 5) is 13.4. The topological polar surface area (TPSA) is 54.3 Å². The summed E-state index contributed by atoms with van der Waals surface area (Å²) in [5.41, 5.74) is 4.18. The minimum atomic E-state index is 0.00400. The lowest BCUT2D eigenvalue weighted by Crippen LogP contribution is -2.17. The van der Waals surface area contributed by atoms with Crippen LogP contribution in [0.1, 0.15) is 31.1 Å². The van der Waals surface area contributed by atoms with Crippen LogP contribution in [-0.4, -0.2) is 13.1 Å². The normalized spacial score (nSPS) is 14.2. The molecule has 26 heavy (non-hydrogen) atoms. The Kier molecular flexibility index (Phi) is 4.47. The summed E-state index contributed by atoms with van der Waals surface area (Å²) in [6.07, 6.45) is 0. The Balaban J connectivity index is 2.04. The van der Waals surface area contributed by atoms with E-state index < -0.39 is 0 Å². The zero-order chi connectivity index (χ0) is 18.3. The van der Waals surface area contributed by atoms with Crippen molar-refractivity contribution in [2.45, 2.75) is 26.3 Å². The lowest BCUT2D eigenvalue weighted by molar-refractivity contribution is 0.508. The number of halogens is 1. The number of benzene rings is 2. The van der Waals surface area contributed by atoms with Crippen molar-refractivity contribution in [2.24, 2.45) is 0 Å². The van der Waals surface area contributed by atoms with E-state index in [1.54, 1.807) is 12.1 Å². The van der Waals surface area contributed by atoms with Crippen molar-refractivity contribution in [3.8, 4) is 11.1 Å². The second-order valence-electron chi connectivity index (χ2n) is 6.90. The molecule has 134 valence electrons. The summed E-state index contributed by atoms with van der Waals surface area (Å²) in [6.45, 7) is 6.49. The average Bonchev–Trinajstić information content (AvgIpc) is 2.88. The largest absolute Gasteiger partial charge is 0.459 e. The Hall–Kier alpha value is -2.30. The second-order valence-corrected chi connectivity index (χ2v) is 7.34. The van der Waals surface area contributed by atoms with Gasteiger partial charge in [-0.15, -0.1) is 0 Å². The van der Waals surface area contributed by atoms with Gasteiger partial charge in [-0.3, -0.25) is 4.79 Å². The standard InChI is InChI=1S/C21H21ClN2O2/c1-12(2)20-18(13-3-5-14(22)6-4-13)19(25)15-7-8-17-16(21(15)26-20)11-23-9-10-24-17/h3-8,12,23-24H,9-11H2,1-2H3. The van der Waals surface area contributed by atoms with E-state index in [1.807, 2.05) is 38.1 Å². The zero-order valence-electron chi connectivity index (χ0n) is 14.9. The molecular weight excluding hydrogens is 348 g/mol. The molecule has 1 aliphatic heterocycles. The van der Waals surface area contributed by atoms with Gasteiger partial charge in [-0.2, -0.15) is 0 Å². The van der Waals surface area contributed by atoms with Crippen LogP contribution in [0, 0.1) is 0 Å². The van der Waals surface area contributed by atoms with Crippen LogP contribution >= 0.6 is 11.6 Å². The molecule has 3 aromatic rings. The molecule has 0 amide bonds. The Morgan fingerprint density at radius 2 is 1.85 bits per heavy atom. The molecule has 1 aliphatic rings. The minimum absolute atomic E-state index is 0.00400. The first-order valence-electron chi connectivity index (χ1n) is 8.89. The van der Waals surface area contributed by atoms with Gasteiger partial charge in [-0.05, 0) is 29.8 Å². The highest BCUT2D eigenvalue weighted by Gasteiger charge is 2.22. The molecule has 0 saturated carbocycles. The zero-order valence-corrected chi connectivity index (χ0v) is 15.6. The predicted molar refractivity (Wildman–Crippen MR) is 107 cm³/mol. The quantitative estimate of drug-likeness (QED) is 0.685. The number of fused-ring (bicyclic) bond motifs is 3. The molecule has 0 fully saturated rings. The maximum atomic E-state index is 13.4. The van der Waals surface area contributed by atoms with Gasteiger partial charge in [0, 0.05) is 41.8 Å². The summed E-state index contributed by atoms with van der Waals surface area (Å²) in [5.74, 6) is 0.794. The van der Waals surface area contributed by atoms with E-state index in [4.69, 9.17) is 16.0 Å². The Bertz CT molecular complexity index is 1020. The van der Waals surface area contributed by atoms with E-state index in [-0.39, 0.29) is 11.3 Å². The number of nitrogens with one attached hydrogen (secondary N) is 2. The first-order valence-corrected chi connectivity index (χ1v) is 9.27. The Morgan fingerprint density at radius 1 is 1.08 bits per heavy atom. The smallest absolute Gasteiger partial charge is 0.200 e. The van der Waals surface area contributed by atoms with Crippen molar-refractivity contribution in [2.75, 3.05) is 18.4 Å². The third kappa shape index (κ3) is 2.89. The fraction of sp³-hybridized carbons (Fsp3) is 0.286. The van der Waals surface area contributed by atoms with Gasteiger partial charge in [-0.1, -0.05) is 37.6 Å². The van der Waals surface area contributed by atoms with Gasteiger partial charge in [0.2, 0.25) is 5.43 Å². The highest BCUT2D eigenvalue weighted by molar-refractivity contribution is 6.30. The van der Waals surface area contributed by atoms with E-state index in [2.05, 4.69) is 10.6 Å². The third-order valence-corrected chi connectivity index (χ3v) is 5.02. The van der Waals surface area contributed by atoms with Gasteiger partial charge in [-0.25, -0.2) is 0 Å². The van der Waals surface area contributed by atoms with Crippen LogP contribution in [0.2, 0.25) is 5.02 Å². The molecule has 2 N–H and O–H groups in total. The lowest BCUT2D eigenvalue weighted by Gasteiger charge is -2.16. The van der Waals surface area contributed by atoms with Crippen LogP contribution in [-0.2, 0) is 6.54 Å². The van der Waals surface area contributed by atoms with Crippen LogP contribution < -0.4 is 16.1 Å².